The van der Waals surface area contributed by atoms with Crippen LogP contribution in [0, 0.1) is 4.22 Å². The monoisotopic (exact) mass is 257 g/mol. The van der Waals surface area contributed by atoms with Gasteiger partial charge >= 0.3 is 105 Å². The van der Waals surface area contributed by atoms with Gasteiger partial charge in [-0.25, -0.2) is 0 Å². The Morgan fingerprint density at radius 2 is 1.94 bits per heavy atom. The molecule has 0 saturated heterocycles. The molecule has 0 radical (unpaired) electrons. The van der Waals surface area contributed by atoms with Gasteiger partial charge in [-0.1, -0.05) is 0 Å². The molecule has 0 atom stereocenters. The second-order valence-corrected chi connectivity index (χ2v) is 4.88. The number of hydrogen-bond donors (Lipinski definition) is 0. The van der Waals surface area contributed by atoms with Crippen LogP contribution in [0.3, 0.4) is 0 Å². The van der Waals surface area contributed by atoms with Gasteiger partial charge in [-0.3, -0.25) is 0 Å². The van der Waals surface area contributed by atoms with Crippen molar-refractivity contribution >= 4 is 5.88 Å². The van der Waals surface area contributed by atoms with E-state index < -0.39 is 0 Å². The zero-order chi connectivity index (χ0) is 11.5. The van der Waals surface area contributed by atoms with Gasteiger partial charge in [0.1, 0.15) is 0 Å². The van der Waals surface area contributed by atoms with Crippen LogP contribution in [-0.2, 0) is 28.7 Å². The Balaban J connectivity index is 2.50. The number of nitrogens with zero attached hydrogens (tertiary/aromatic N) is 1. The van der Waals surface area contributed by atoms with Crippen molar-refractivity contribution in [2.75, 3.05) is 18.0 Å². The van der Waals surface area contributed by atoms with E-state index in [4.69, 9.17) is 4.42 Å². The van der Waals surface area contributed by atoms with Gasteiger partial charge in [-0.05, 0) is 0 Å². The molecule has 1 aromatic heterocycles. The molecule has 0 aliphatic heterocycles. The quantitative estimate of drug-likeness (QED) is 0.827. The third-order valence-electron chi connectivity index (χ3n) is 3.31. The summed E-state index contributed by atoms with van der Waals surface area (Å²) < 4.78 is 6.81. The predicted molar refractivity (Wildman–Crippen MR) is 62.2 cm³/mol. The summed E-state index contributed by atoms with van der Waals surface area (Å²) in [6, 6.07) is 2.17. The molecular formula is C13H19CrNO. The van der Waals surface area contributed by atoms with Crippen molar-refractivity contribution in [1.82, 2.24) is 0 Å². The molecule has 0 aromatic carbocycles. The molecule has 0 bridgehead atoms. The van der Waals surface area contributed by atoms with Crippen LogP contribution in [0.2, 0.25) is 0 Å². The van der Waals surface area contributed by atoms with E-state index in [0.717, 1.165) is 23.2 Å². The van der Waals surface area contributed by atoms with E-state index in [1.165, 1.54) is 36.8 Å². The van der Waals surface area contributed by atoms with Crippen molar-refractivity contribution in [3.05, 3.63) is 21.4 Å². The fourth-order valence-corrected chi connectivity index (χ4v) is 2.77. The molecule has 1 heterocycles. The van der Waals surface area contributed by atoms with Crippen LogP contribution >= 0.6 is 0 Å². The van der Waals surface area contributed by atoms with Gasteiger partial charge < -0.3 is 0 Å². The molecule has 0 N–H and O–H groups in total. The van der Waals surface area contributed by atoms with Crippen LogP contribution in [0.25, 0.3) is 0 Å². The van der Waals surface area contributed by atoms with Crippen LogP contribution in [-0.4, -0.2) is 13.1 Å². The molecule has 88 valence electrons. The van der Waals surface area contributed by atoms with Gasteiger partial charge in [0, 0.05) is 0 Å². The van der Waals surface area contributed by atoms with E-state index in [0.29, 0.717) is 0 Å². The number of aryl methyl sites for hydroxylation is 1. The third-order valence-corrected chi connectivity index (χ3v) is 3.62. The molecule has 2 nitrogen and oxygen atoms in total. The van der Waals surface area contributed by atoms with Crippen molar-refractivity contribution in [2.45, 2.75) is 39.5 Å². The molecule has 2 rings (SSSR count). The van der Waals surface area contributed by atoms with Crippen molar-refractivity contribution in [3.8, 4) is 0 Å². The van der Waals surface area contributed by atoms with Crippen molar-refractivity contribution in [1.29, 1.82) is 0 Å². The first-order valence-electron chi connectivity index (χ1n) is 6.17. The van der Waals surface area contributed by atoms with E-state index in [2.05, 4.69) is 40.7 Å². The fraction of sp³-hybridized carbons (Fsp3) is 0.615. The normalized spacial score (nSPS) is 14.6. The Kier molecular flexibility index (Phi) is 3.89. The molecule has 0 saturated carbocycles. The summed E-state index contributed by atoms with van der Waals surface area (Å²) in [6.07, 6.45) is 4.98. The van der Waals surface area contributed by atoms with Crippen LogP contribution in [0.4, 0.5) is 5.88 Å². The number of hydrogen-bond acceptors (Lipinski definition) is 2. The van der Waals surface area contributed by atoms with Crippen molar-refractivity contribution < 1.29 is 20.3 Å². The summed E-state index contributed by atoms with van der Waals surface area (Å²) in [7, 11) is 0. The Morgan fingerprint density at radius 1 is 1.25 bits per heavy atom. The maximum absolute atomic E-state index is 5.89. The molecular weight excluding hydrogens is 238 g/mol. The molecule has 3 heteroatoms. The molecule has 16 heavy (non-hydrogen) atoms. The maximum atomic E-state index is 5.89. The van der Waals surface area contributed by atoms with Gasteiger partial charge in [-0.2, -0.15) is 0 Å². The second-order valence-electron chi connectivity index (χ2n) is 4.25. The summed E-state index contributed by atoms with van der Waals surface area (Å²) in [5, 5.41) is 0. The van der Waals surface area contributed by atoms with Crippen molar-refractivity contribution in [2.24, 2.45) is 0 Å². The van der Waals surface area contributed by atoms with E-state index in [1.54, 1.807) is 0 Å². The van der Waals surface area contributed by atoms with Gasteiger partial charge in [-0.15, -0.1) is 0 Å². The Hall–Kier alpha value is -0.518. The molecule has 1 aliphatic rings. The number of anilines is 1. The van der Waals surface area contributed by atoms with Crippen LogP contribution < -0.4 is 4.90 Å². The number of rotatable bonds is 3. The Morgan fingerprint density at radius 3 is 2.62 bits per heavy atom. The predicted octanol–water partition coefficient (Wildman–Crippen LogP) is 3.08. The molecule has 1 aliphatic carbocycles. The Bertz CT molecular complexity index is 420. The summed E-state index contributed by atoms with van der Waals surface area (Å²) in [5.74, 6) is 1.09. The average Bonchev–Trinajstić information content (AvgIpc) is 2.30. The SMILES string of the molecule is CCN(CC)c1o[c](=[Cr])cc2c1CCCC2. The molecule has 0 unspecified atom stereocenters. The molecule has 0 amide bonds. The minimum atomic E-state index is 0.919. The summed E-state index contributed by atoms with van der Waals surface area (Å²) in [5.41, 5.74) is 2.92. The van der Waals surface area contributed by atoms with Crippen LogP contribution in [0.1, 0.15) is 37.8 Å². The van der Waals surface area contributed by atoms with Crippen molar-refractivity contribution in [3.63, 3.8) is 0 Å². The van der Waals surface area contributed by atoms with Gasteiger partial charge in [0.25, 0.3) is 0 Å². The molecule has 0 spiro atoms. The zero-order valence-electron chi connectivity index (χ0n) is 10.1. The van der Waals surface area contributed by atoms with E-state index in [1.807, 2.05) is 0 Å². The van der Waals surface area contributed by atoms with Gasteiger partial charge in [0.05, 0.1) is 0 Å². The van der Waals surface area contributed by atoms with Crippen LogP contribution in [0.15, 0.2) is 10.5 Å². The number of fused-ring (bicyclic) bond motifs is 1. The summed E-state index contributed by atoms with van der Waals surface area (Å²) >= 11 is 3.00. The summed E-state index contributed by atoms with van der Waals surface area (Å²) in [4.78, 5) is 2.31. The topological polar surface area (TPSA) is 16.4 Å². The van der Waals surface area contributed by atoms with Gasteiger partial charge in [0.2, 0.25) is 0 Å². The first kappa shape index (κ1) is 12.0. The van der Waals surface area contributed by atoms with E-state index in [9.17, 15) is 0 Å². The standard InChI is InChI=1S/C13H19NO.Cr/c1-3-14(4-2)13-12-8-6-5-7-11(12)9-10-15-13;/h9H,3-8H2,1-2H3;. The van der Waals surface area contributed by atoms with Gasteiger partial charge in [0.15, 0.2) is 0 Å². The first-order valence-corrected chi connectivity index (χ1v) is 6.80. The molecule has 0 fully saturated rings. The Labute approximate surface area is 105 Å². The van der Waals surface area contributed by atoms with E-state index in [-0.39, 0.29) is 0 Å². The van der Waals surface area contributed by atoms with E-state index >= 15 is 0 Å². The second kappa shape index (κ2) is 5.21. The zero-order valence-corrected chi connectivity index (χ0v) is 11.4. The first-order chi connectivity index (χ1) is 7.76. The van der Waals surface area contributed by atoms with Crippen LogP contribution in [0.5, 0.6) is 0 Å². The fourth-order valence-electron chi connectivity index (χ4n) is 2.43. The average molecular weight is 257 g/mol. The molecule has 1 aromatic rings. The third kappa shape index (κ3) is 2.26. The summed E-state index contributed by atoms with van der Waals surface area (Å²) in [6.45, 7) is 6.38. The minimum absolute atomic E-state index is 0.919.